The Balaban J connectivity index is 1.39. The molecule has 1 amide bonds. The van der Waals surface area contributed by atoms with Gasteiger partial charge < -0.3 is 20.7 Å². The Morgan fingerprint density at radius 2 is 2.00 bits per heavy atom. The number of nitrogens with two attached hydrogens (primary N) is 1. The smallest absolute Gasteiger partial charge is 0.410 e. The van der Waals surface area contributed by atoms with Crippen molar-refractivity contribution in [1.29, 1.82) is 0 Å². The van der Waals surface area contributed by atoms with E-state index in [1.165, 1.54) is 0 Å². The number of carbonyl (C=O) groups excluding carboxylic acids is 1. The maximum absolute atomic E-state index is 12.1. The lowest BCUT2D eigenvalue weighted by Crippen LogP contribution is -2.74. The van der Waals surface area contributed by atoms with Crippen LogP contribution < -0.4 is 16.0 Å². The van der Waals surface area contributed by atoms with E-state index in [0.29, 0.717) is 36.6 Å². The first-order valence-corrected chi connectivity index (χ1v) is 12.4. The number of rotatable bonds is 7. The number of likely N-dealkylation sites (tertiary alicyclic amines) is 1. The standard InChI is InChI=1S/C27H34N8O2/c1-17(2)19-9-25(34-31-14-19)33-24-7-6-22-23(32-24)8-20(13-30-22)21(10-28)12-29-11-18-15-35(16-18)26(36)37-27(3,4)5/h6-10,12-14,17-18H,11,15-16,28H2,1-5H3,(H,32,33,34)/p+1. The van der Waals surface area contributed by atoms with Crippen LogP contribution >= 0.6 is 0 Å². The fourth-order valence-corrected chi connectivity index (χ4v) is 3.86. The minimum atomic E-state index is -0.485. The minimum absolute atomic E-state index is 0.265. The molecule has 0 aliphatic carbocycles. The van der Waals surface area contributed by atoms with Crippen LogP contribution in [-0.2, 0) is 4.74 Å². The van der Waals surface area contributed by atoms with E-state index in [2.05, 4.69) is 39.3 Å². The number of hydrogen-bond donors (Lipinski definition) is 3. The molecule has 1 saturated heterocycles. The molecule has 1 fully saturated rings. The minimum Gasteiger partial charge on any atom is -0.444 e. The molecule has 0 atom stereocenters. The summed E-state index contributed by atoms with van der Waals surface area (Å²) in [5, 5.41) is 11.5. The van der Waals surface area contributed by atoms with Crippen molar-refractivity contribution in [2.45, 2.75) is 46.1 Å². The number of fused-ring (bicyclic) bond motifs is 1. The van der Waals surface area contributed by atoms with Crippen molar-refractivity contribution >= 4 is 40.6 Å². The quantitative estimate of drug-likeness (QED) is 0.419. The predicted molar refractivity (Wildman–Crippen MR) is 144 cm³/mol. The molecule has 0 unspecified atom stereocenters. The van der Waals surface area contributed by atoms with E-state index in [1.54, 1.807) is 23.5 Å². The molecule has 0 saturated carbocycles. The molecule has 0 bridgehead atoms. The van der Waals surface area contributed by atoms with Gasteiger partial charge in [-0.3, -0.25) is 4.98 Å². The molecule has 0 radical (unpaired) electrons. The van der Waals surface area contributed by atoms with Gasteiger partial charge in [0.2, 0.25) is 0 Å². The second kappa shape index (κ2) is 10.9. The topological polar surface area (TPSA) is 133 Å². The van der Waals surface area contributed by atoms with Gasteiger partial charge in [0.05, 0.1) is 28.7 Å². The number of allylic oxidation sites excluding steroid dienone is 1. The van der Waals surface area contributed by atoms with E-state index in [4.69, 9.17) is 15.5 Å². The average molecular weight is 504 g/mol. The van der Waals surface area contributed by atoms with E-state index >= 15 is 0 Å². The number of aromatic nitrogens is 4. The van der Waals surface area contributed by atoms with E-state index in [1.807, 2.05) is 51.3 Å². The second-order valence-electron chi connectivity index (χ2n) is 10.5. The third kappa shape index (κ3) is 6.78. The molecule has 1 aliphatic heterocycles. The third-order valence-electron chi connectivity index (χ3n) is 5.92. The van der Waals surface area contributed by atoms with Gasteiger partial charge in [0.1, 0.15) is 18.0 Å². The summed E-state index contributed by atoms with van der Waals surface area (Å²) in [6, 6.07) is 7.71. The molecule has 4 N–H and O–H groups in total. The van der Waals surface area contributed by atoms with Gasteiger partial charge in [-0.15, -0.1) is 5.10 Å². The Morgan fingerprint density at radius 1 is 1.22 bits per heavy atom. The number of nitrogens with zero attached hydrogens (tertiary/aromatic N) is 5. The number of ether oxygens (including phenoxy) is 1. The van der Waals surface area contributed by atoms with Gasteiger partial charge in [0, 0.05) is 31.0 Å². The molecule has 37 heavy (non-hydrogen) atoms. The summed E-state index contributed by atoms with van der Waals surface area (Å²) in [6.45, 7) is 11.9. The van der Waals surface area contributed by atoms with Gasteiger partial charge in [0.25, 0.3) is 0 Å². The predicted octanol–water partition coefficient (Wildman–Crippen LogP) is 2.60. The van der Waals surface area contributed by atoms with Crippen molar-refractivity contribution in [2.75, 3.05) is 25.0 Å². The molecule has 3 aromatic rings. The van der Waals surface area contributed by atoms with Crippen molar-refractivity contribution in [3.63, 3.8) is 0 Å². The van der Waals surface area contributed by atoms with Gasteiger partial charge in [-0.1, -0.05) is 13.8 Å². The highest BCUT2D eigenvalue weighted by atomic mass is 16.6. The van der Waals surface area contributed by atoms with Crippen LogP contribution in [0.2, 0.25) is 0 Å². The molecular formula is C27H35N8O2+. The summed E-state index contributed by atoms with van der Waals surface area (Å²) >= 11 is 0. The summed E-state index contributed by atoms with van der Waals surface area (Å²) in [7, 11) is 0. The normalized spacial score (nSPS) is 14.9. The first kappa shape index (κ1) is 26.0. The summed E-state index contributed by atoms with van der Waals surface area (Å²) in [5.74, 6) is 2.00. The number of pyridine rings is 2. The van der Waals surface area contributed by atoms with E-state index < -0.39 is 5.60 Å². The van der Waals surface area contributed by atoms with Crippen LogP contribution in [0.5, 0.6) is 0 Å². The fraction of sp³-hybridized carbons (Fsp3) is 0.407. The van der Waals surface area contributed by atoms with Gasteiger partial charge in [-0.25, -0.2) is 14.8 Å². The summed E-state index contributed by atoms with van der Waals surface area (Å²) in [4.78, 5) is 26.4. The van der Waals surface area contributed by atoms with Gasteiger partial charge in [-0.2, -0.15) is 5.10 Å². The van der Waals surface area contributed by atoms with E-state index in [9.17, 15) is 4.79 Å². The summed E-state index contributed by atoms with van der Waals surface area (Å²) in [5.41, 5.74) is 9.69. The molecule has 0 spiro atoms. The van der Waals surface area contributed by atoms with Gasteiger partial charge in [0.15, 0.2) is 12.0 Å². The summed E-state index contributed by atoms with van der Waals surface area (Å²) < 4.78 is 5.41. The van der Waals surface area contributed by atoms with Crippen LogP contribution in [0.4, 0.5) is 16.4 Å². The highest BCUT2D eigenvalue weighted by Gasteiger charge is 2.34. The van der Waals surface area contributed by atoms with Crippen molar-refractivity contribution in [3.8, 4) is 0 Å². The Labute approximate surface area is 217 Å². The first-order chi connectivity index (χ1) is 17.6. The molecule has 1 aliphatic rings. The molecule has 10 heteroatoms. The lowest BCUT2D eigenvalue weighted by atomic mass is 10.0. The lowest BCUT2D eigenvalue weighted by molar-refractivity contribution is -0.463. The highest BCUT2D eigenvalue weighted by Crippen LogP contribution is 2.22. The molecular weight excluding hydrogens is 468 g/mol. The Kier molecular flexibility index (Phi) is 7.66. The third-order valence-corrected chi connectivity index (χ3v) is 5.92. The molecule has 3 aromatic heterocycles. The number of amides is 1. The monoisotopic (exact) mass is 503 g/mol. The van der Waals surface area contributed by atoms with Crippen molar-refractivity contribution in [3.05, 3.63) is 54.0 Å². The van der Waals surface area contributed by atoms with Crippen LogP contribution in [0.25, 0.3) is 16.6 Å². The number of anilines is 2. The Bertz CT molecular complexity index is 1320. The van der Waals surface area contributed by atoms with Gasteiger partial charge >= 0.3 is 6.09 Å². The van der Waals surface area contributed by atoms with Crippen LogP contribution in [-0.4, -0.2) is 62.6 Å². The molecule has 4 rings (SSSR count). The molecule has 194 valence electrons. The molecule has 0 aromatic carbocycles. The number of nitrogens with one attached hydrogen (secondary N) is 2. The van der Waals surface area contributed by atoms with Gasteiger partial charge in [-0.05, 0) is 56.5 Å². The Hall–Kier alpha value is -4.08. The average Bonchev–Trinajstić information content (AvgIpc) is 2.81. The van der Waals surface area contributed by atoms with E-state index in [0.717, 1.165) is 34.3 Å². The molecule has 4 heterocycles. The van der Waals surface area contributed by atoms with Crippen molar-refractivity contribution < 1.29 is 14.5 Å². The number of carbonyl (C=O) groups is 1. The van der Waals surface area contributed by atoms with Crippen LogP contribution in [0, 0.1) is 5.92 Å². The Morgan fingerprint density at radius 3 is 2.70 bits per heavy atom. The van der Waals surface area contributed by atoms with E-state index in [-0.39, 0.29) is 6.09 Å². The first-order valence-electron chi connectivity index (χ1n) is 12.4. The number of hydrogen-bond acceptors (Lipinski definition) is 8. The largest absolute Gasteiger partial charge is 0.444 e. The van der Waals surface area contributed by atoms with Crippen LogP contribution in [0.3, 0.4) is 0 Å². The maximum Gasteiger partial charge on any atom is 0.410 e. The fourth-order valence-electron chi connectivity index (χ4n) is 3.86. The van der Waals surface area contributed by atoms with Crippen LogP contribution in [0.15, 0.2) is 42.9 Å². The highest BCUT2D eigenvalue weighted by molar-refractivity contribution is 6.07. The SMILES string of the molecule is CC(C)c1cnnc(Nc2ccc3ncc(C(C=[NH+]CC4CN(C(=O)OC(C)(C)C)C4)=CN)cc3n2)c1. The van der Waals surface area contributed by atoms with Crippen molar-refractivity contribution in [1.82, 2.24) is 25.1 Å². The zero-order chi connectivity index (χ0) is 26.6. The van der Waals surface area contributed by atoms with Crippen molar-refractivity contribution in [2.24, 2.45) is 11.7 Å². The van der Waals surface area contributed by atoms with Crippen LogP contribution in [0.1, 0.15) is 51.7 Å². The maximum atomic E-state index is 12.1. The zero-order valence-corrected chi connectivity index (χ0v) is 22.0. The molecule has 10 nitrogen and oxygen atoms in total. The second-order valence-corrected chi connectivity index (χ2v) is 10.5. The summed E-state index contributed by atoms with van der Waals surface area (Å²) in [6.07, 6.45) is 6.69. The zero-order valence-electron chi connectivity index (χ0n) is 22.0. The lowest BCUT2D eigenvalue weighted by Gasteiger charge is -2.37.